The maximum absolute atomic E-state index is 13.3. The molecule has 2 aromatic carbocycles. The molecule has 9 nitrogen and oxygen atoms in total. The molecule has 0 radical (unpaired) electrons. The standard InChI is InChI=1S/C25H31N3O6S2/c1-17-7-9-19(10-8-17)36(30,31)27-11-5-6-18(16-27)24(29)26-25-28(12-13-32-2)20-14-21(33-3)22(34-4)15-23(20)35-25/h7-10,14-15,18H,5-6,11-13,16H2,1-4H3. The maximum Gasteiger partial charge on any atom is 0.252 e. The number of hydrogen-bond acceptors (Lipinski definition) is 7. The highest BCUT2D eigenvalue weighted by Gasteiger charge is 2.33. The van der Waals surface area contributed by atoms with Crippen LogP contribution in [0.15, 0.2) is 46.3 Å². The Hall–Kier alpha value is -2.73. The normalized spacial score (nSPS) is 17.4. The van der Waals surface area contributed by atoms with Crippen molar-refractivity contribution in [3.8, 4) is 11.5 Å². The van der Waals surface area contributed by atoms with Crippen LogP contribution >= 0.6 is 11.3 Å². The van der Waals surface area contributed by atoms with Crippen molar-refractivity contribution in [3.05, 3.63) is 46.8 Å². The average molecular weight is 534 g/mol. The molecule has 0 saturated carbocycles. The molecule has 1 unspecified atom stereocenters. The van der Waals surface area contributed by atoms with Gasteiger partial charge in [0.1, 0.15) is 0 Å². The molecule has 1 saturated heterocycles. The van der Waals surface area contributed by atoms with Gasteiger partial charge in [-0.25, -0.2) is 8.42 Å². The SMILES string of the molecule is COCCn1c(=NC(=O)C2CCCN(S(=O)(=O)c3ccc(C)cc3)C2)sc2cc(OC)c(OC)cc21. The quantitative estimate of drug-likeness (QED) is 0.441. The third-order valence-electron chi connectivity index (χ3n) is 6.31. The fraction of sp³-hybridized carbons (Fsp3) is 0.440. The molecule has 1 aliphatic heterocycles. The molecule has 36 heavy (non-hydrogen) atoms. The number of hydrogen-bond donors (Lipinski definition) is 0. The molecule has 0 bridgehead atoms. The Kier molecular flexibility index (Phi) is 8.13. The van der Waals surface area contributed by atoms with Gasteiger partial charge in [-0.2, -0.15) is 9.30 Å². The number of methoxy groups -OCH3 is 3. The first-order chi connectivity index (χ1) is 17.3. The molecule has 1 aromatic heterocycles. The lowest BCUT2D eigenvalue weighted by molar-refractivity contribution is -0.122. The summed E-state index contributed by atoms with van der Waals surface area (Å²) in [5.74, 6) is 0.336. The molecule has 0 spiro atoms. The van der Waals surface area contributed by atoms with Gasteiger partial charge in [0.05, 0.1) is 41.9 Å². The molecule has 4 rings (SSSR count). The fourth-order valence-electron chi connectivity index (χ4n) is 4.29. The zero-order valence-corrected chi connectivity index (χ0v) is 22.5. The van der Waals surface area contributed by atoms with Crippen LogP contribution in [0.1, 0.15) is 18.4 Å². The van der Waals surface area contributed by atoms with E-state index >= 15 is 0 Å². The van der Waals surface area contributed by atoms with Crippen molar-refractivity contribution in [2.24, 2.45) is 10.9 Å². The summed E-state index contributed by atoms with van der Waals surface area (Å²) in [6, 6.07) is 10.5. The third kappa shape index (κ3) is 5.34. The topological polar surface area (TPSA) is 99.4 Å². The summed E-state index contributed by atoms with van der Waals surface area (Å²) >= 11 is 1.37. The van der Waals surface area contributed by atoms with Crippen molar-refractivity contribution in [3.63, 3.8) is 0 Å². The summed E-state index contributed by atoms with van der Waals surface area (Å²) in [5.41, 5.74) is 1.84. The van der Waals surface area contributed by atoms with Gasteiger partial charge in [-0.3, -0.25) is 4.79 Å². The van der Waals surface area contributed by atoms with Crippen LogP contribution in [0.25, 0.3) is 10.2 Å². The van der Waals surface area contributed by atoms with Crippen molar-refractivity contribution < 1.29 is 27.4 Å². The van der Waals surface area contributed by atoms with Crippen LogP contribution in [0.4, 0.5) is 0 Å². The highest BCUT2D eigenvalue weighted by Crippen LogP contribution is 2.33. The number of thiazole rings is 1. The molecular weight excluding hydrogens is 502 g/mol. The van der Waals surface area contributed by atoms with Crippen LogP contribution in [0.3, 0.4) is 0 Å². The molecule has 2 heterocycles. The molecule has 0 N–H and O–H groups in total. The minimum atomic E-state index is -3.68. The number of aryl methyl sites for hydroxylation is 1. The van der Waals surface area contributed by atoms with E-state index in [-0.39, 0.29) is 17.3 Å². The van der Waals surface area contributed by atoms with E-state index in [4.69, 9.17) is 14.2 Å². The highest BCUT2D eigenvalue weighted by molar-refractivity contribution is 7.89. The van der Waals surface area contributed by atoms with Crippen LogP contribution in [0.5, 0.6) is 11.5 Å². The predicted molar refractivity (Wildman–Crippen MR) is 138 cm³/mol. The summed E-state index contributed by atoms with van der Waals surface area (Å²) in [6.07, 6.45) is 1.19. The first kappa shape index (κ1) is 26.3. The van der Waals surface area contributed by atoms with Crippen molar-refractivity contribution in [1.82, 2.24) is 8.87 Å². The summed E-state index contributed by atoms with van der Waals surface area (Å²) in [6.45, 7) is 3.34. The zero-order chi connectivity index (χ0) is 25.9. The zero-order valence-electron chi connectivity index (χ0n) is 20.9. The Balaban J connectivity index is 1.66. The third-order valence-corrected chi connectivity index (χ3v) is 9.23. The minimum Gasteiger partial charge on any atom is -0.493 e. The van der Waals surface area contributed by atoms with Crippen molar-refractivity contribution >= 4 is 37.5 Å². The van der Waals surface area contributed by atoms with Gasteiger partial charge in [0.2, 0.25) is 10.0 Å². The van der Waals surface area contributed by atoms with E-state index in [2.05, 4.69) is 4.99 Å². The van der Waals surface area contributed by atoms with E-state index in [1.54, 1.807) is 45.6 Å². The number of piperidine rings is 1. The number of aromatic nitrogens is 1. The number of ether oxygens (including phenoxy) is 3. The maximum atomic E-state index is 13.3. The summed E-state index contributed by atoms with van der Waals surface area (Å²) in [5, 5.41) is 0. The van der Waals surface area contributed by atoms with Crippen LogP contribution in [0.2, 0.25) is 0 Å². The largest absolute Gasteiger partial charge is 0.493 e. The number of rotatable bonds is 8. The van der Waals surface area contributed by atoms with Crippen LogP contribution in [-0.4, -0.2) is 64.2 Å². The lowest BCUT2D eigenvalue weighted by Crippen LogP contribution is -2.42. The number of amides is 1. The van der Waals surface area contributed by atoms with Crippen molar-refractivity contribution in [2.75, 3.05) is 41.0 Å². The van der Waals surface area contributed by atoms with E-state index < -0.39 is 15.9 Å². The lowest BCUT2D eigenvalue weighted by Gasteiger charge is -2.30. The Bertz CT molecular complexity index is 1410. The van der Waals surface area contributed by atoms with E-state index in [9.17, 15) is 13.2 Å². The second-order valence-electron chi connectivity index (χ2n) is 8.67. The van der Waals surface area contributed by atoms with Gasteiger partial charge < -0.3 is 18.8 Å². The first-order valence-corrected chi connectivity index (χ1v) is 13.9. The van der Waals surface area contributed by atoms with E-state index in [1.807, 2.05) is 23.6 Å². The number of sulfonamides is 1. The number of benzene rings is 2. The van der Waals surface area contributed by atoms with Gasteiger partial charge in [0.25, 0.3) is 5.91 Å². The van der Waals surface area contributed by atoms with E-state index in [0.717, 1.165) is 15.8 Å². The van der Waals surface area contributed by atoms with Crippen molar-refractivity contribution in [2.45, 2.75) is 31.2 Å². The lowest BCUT2D eigenvalue weighted by atomic mass is 9.99. The average Bonchev–Trinajstić information content (AvgIpc) is 3.22. The molecule has 3 aromatic rings. The Morgan fingerprint density at radius 1 is 1.11 bits per heavy atom. The Morgan fingerprint density at radius 2 is 1.81 bits per heavy atom. The van der Waals surface area contributed by atoms with Gasteiger partial charge in [-0.1, -0.05) is 29.0 Å². The summed E-state index contributed by atoms with van der Waals surface area (Å²) < 4.78 is 46.7. The highest BCUT2D eigenvalue weighted by atomic mass is 32.2. The number of carbonyl (C=O) groups is 1. The second-order valence-corrected chi connectivity index (χ2v) is 11.6. The van der Waals surface area contributed by atoms with Gasteiger partial charge in [-0.05, 0) is 31.9 Å². The van der Waals surface area contributed by atoms with E-state index in [0.29, 0.717) is 48.8 Å². The monoisotopic (exact) mass is 533 g/mol. The summed E-state index contributed by atoms with van der Waals surface area (Å²) in [7, 11) is 1.08. The Labute approximate surface area is 215 Å². The van der Waals surface area contributed by atoms with Gasteiger partial charge in [-0.15, -0.1) is 0 Å². The molecule has 194 valence electrons. The second kappa shape index (κ2) is 11.1. The van der Waals surface area contributed by atoms with Crippen LogP contribution < -0.4 is 14.3 Å². The number of fused-ring (bicyclic) bond motifs is 1. The molecule has 0 aliphatic carbocycles. The fourth-order valence-corrected chi connectivity index (χ4v) is 6.88. The van der Waals surface area contributed by atoms with Gasteiger partial charge in [0, 0.05) is 38.9 Å². The number of carbonyl (C=O) groups excluding carboxylic acids is 1. The van der Waals surface area contributed by atoms with Gasteiger partial charge >= 0.3 is 0 Å². The molecule has 1 amide bonds. The molecule has 1 fully saturated rings. The van der Waals surface area contributed by atoms with Gasteiger partial charge in [0.15, 0.2) is 16.3 Å². The number of nitrogens with zero attached hydrogens (tertiary/aromatic N) is 3. The minimum absolute atomic E-state index is 0.114. The first-order valence-electron chi connectivity index (χ1n) is 11.7. The molecule has 1 atom stereocenters. The van der Waals surface area contributed by atoms with E-state index in [1.165, 1.54) is 15.6 Å². The smallest absolute Gasteiger partial charge is 0.252 e. The van der Waals surface area contributed by atoms with Crippen LogP contribution in [0, 0.1) is 12.8 Å². The molecule has 11 heteroatoms. The molecule has 1 aliphatic rings. The predicted octanol–water partition coefficient (Wildman–Crippen LogP) is 3.20. The van der Waals surface area contributed by atoms with Crippen LogP contribution in [-0.2, 0) is 26.1 Å². The van der Waals surface area contributed by atoms with Crippen molar-refractivity contribution in [1.29, 1.82) is 0 Å². The summed E-state index contributed by atoms with van der Waals surface area (Å²) in [4.78, 5) is 18.5. The molecular formula is C25H31N3O6S2. The Morgan fingerprint density at radius 3 is 2.47 bits per heavy atom.